The Hall–Kier alpha value is -4.39. The van der Waals surface area contributed by atoms with Crippen molar-refractivity contribution in [1.29, 1.82) is 0 Å². The number of nitrogens with one attached hydrogen (secondary N) is 2. The molecule has 4 aromatic rings. The van der Waals surface area contributed by atoms with E-state index in [-0.39, 0.29) is 24.9 Å². The molecule has 0 aliphatic rings. The van der Waals surface area contributed by atoms with Gasteiger partial charge in [-0.1, -0.05) is 18.2 Å². The average Bonchev–Trinajstić information content (AvgIpc) is 3.34. The number of thiophene rings is 1. The number of carbonyl (C=O) groups excluding carboxylic acids is 4. The van der Waals surface area contributed by atoms with Gasteiger partial charge in [0.25, 0.3) is 5.91 Å². The third-order valence-corrected chi connectivity index (χ3v) is 8.47. The summed E-state index contributed by atoms with van der Waals surface area (Å²) in [4.78, 5) is 56.5. The van der Waals surface area contributed by atoms with Crippen LogP contribution in [-0.4, -0.2) is 59.7 Å². The zero-order valence-corrected chi connectivity index (χ0v) is 29.7. The fourth-order valence-electron chi connectivity index (χ4n) is 4.99. The number of fused-ring (bicyclic) bond motifs is 2. The molecule has 0 radical (unpaired) electrons. The lowest BCUT2D eigenvalue weighted by molar-refractivity contribution is -0.150. The largest absolute Gasteiger partial charge is 0.459 e. The molecule has 0 saturated carbocycles. The summed E-state index contributed by atoms with van der Waals surface area (Å²) in [5.41, 5.74) is 2.18. The van der Waals surface area contributed by atoms with Crippen LogP contribution in [0.2, 0.25) is 0 Å². The number of nitrogens with zero attached hydrogens (tertiary/aromatic N) is 1. The molecule has 0 unspecified atom stereocenters. The Labute approximate surface area is 284 Å². The predicted molar refractivity (Wildman–Crippen MR) is 186 cm³/mol. The third kappa shape index (κ3) is 9.15. The van der Waals surface area contributed by atoms with Crippen LogP contribution in [0, 0.1) is 6.92 Å². The minimum atomic E-state index is -1.09. The van der Waals surface area contributed by atoms with E-state index in [1.165, 1.54) is 18.3 Å². The Morgan fingerprint density at radius 3 is 2.29 bits per heavy atom. The maximum Gasteiger partial charge on any atom is 0.408 e. The van der Waals surface area contributed by atoms with Crippen molar-refractivity contribution in [3.05, 3.63) is 69.6 Å². The fourth-order valence-corrected chi connectivity index (χ4v) is 6.30. The van der Waals surface area contributed by atoms with Crippen LogP contribution in [0.25, 0.3) is 21.0 Å². The molecule has 2 heterocycles. The van der Waals surface area contributed by atoms with Gasteiger partial charge in [0.2, 0.25) is 0 Å². The van der Waals surface area contributed by atoms with Crippen LogP contribution in [-0.2, 0) is 37.0 Å². The van der Waals surface area contributed by atoms with Crippen LogP contribution < -0.4 is 10.6 Å². The first-order valence-electron chi connectivity index (χ1n) is 15.5. The van der Waals surface area contributed by atoms with E-state index in [9.17, 15) is 19.2 Å². The molecule has 2 amide bonds. The summed E-state index contributed by atoms with van der Waals surface area (Å²) >= 11 is 1.27. The first kappa shape index (κ1) is 36.4. The van der Waals surface area contributed by atoms with Crippen LogP contribution in [0.1, 0.15) is 85.2 Å². The van der Waals surface area contributed by atoms with Gasteiger partial charge in [-0.25, -0.2) is 14.6 Å². The number of hydrogen-bond acceptors (Lipinski definition) is 10. The number of benzene rings is 2. The number of aromatic nitrogens is 1. The van der Waals surface area contributed by atoms with E-state index in [0.717, 1.165) is 26.6 Å². The van der Waals surface area contributed by atoms with E-state index in [2.05, 4.69) is 15.6 Å². The van der Waals surface area contributed by atoms with Crippen LogP contribution >= 0.6 is 11.3 Å². The molecule has 2 aromatic heterocycles. The Bertz CT molecular complexity index is 1850. The second-order valence-corrected chi connectivity index (χ2v) is 14.4. The average molecular weight is 678 g/mol. The highest BCUT2D eigenvalue weighted by atomic mass is 32.1. The molecule has 12 heteroatoms. The molecule has 1 atom stereocenters. The lowest BCUT2D eigenvalue weighted by atomic mass is 10.0. The van der Waals surface area contributed by atoms with Crippen LogP contribution in [0.5, 0.6) is 0 Å². The molecule has 2 N–H and O–H groups in total. The van der Waals surface area contributed by atoms with E-state index in [1.807, 2.05) is 39.8 Å². The topological polar surface area (TPSA) is 142 Å². The maximum atomic E-state index is 13.5. The number of alkyl carbamates (subject to hydrolysis) is 1. The van der Waals surface area contributed by atoms with E-state index < -0.39 is 29.3 Å². The van der Waals surface area contributed by atoms with Crippen molar-refractivity contribution in [1.82, 2.24) is 10.3 Å². The van der Waals surface area contributed by atoms with Gasteiger partial charge in [-0.3, -0.25) is 9.59 Å². The number of ketones is 1. The van der Waals surface area contributed by atoms with E-state index >= 15 is 0 Å². The smallest absolute Gasteiger partial charge is 0.408 e. The number of methoxy groups -OCH3 is 1. The Balaban J connectivity index is 1.52. The lowest BCUT2D eigenvalue weighted by Gasteiger charge is -2.26. The van der Waals surface area contributed by atoms with Crippen LogP contribution in [0.15, 0.2) is 42.5 Å². The molecule has 0 saturated heterocycles. The highest BCUT2D eigenvalue weighted by Crippen LogP contribution is 2.37. The molecular weight excluding hydrogens is 634 g/mol. The number of Topliss-reactive ketones (excluding diaryl/α,β-unsaturated/α-hetero) is 1. The summed E-state index contributed by atoms with van der Waals surface area (Å²) in [7, 11) is 1.60. The van der Waals surface area contributed by atoms with Crippen molar-refractivity contribution in [3.8, 4) is 0 Å². The van der Waals surface area contributed by atoms with Crippen molar-refractivity contribution in [3.63, 3.8) is 0 Å². The van der Waals surface area contributed by atoms with Gasteiger partial charge in [0.15, 0.2) is 11.8 Å². The predicted octanol–water partition coefficient (Wildman–Crippen LogP) is 7.11. The van der Waals surface area contributed by atoms with E-state index in [1.54, 1.807) is 58.2 Å². The fraction of sp³-hybridized carbons (Fsp3) is 0.417. The minimum Gasteiger partial charge on any atom is -0.459 e. The lowest BCUT2D eigenvalue weighted by Crippen LogP contribution is -2.48. The van der Waals surface area contributed by atoms with Crippen molar-refractivity contribution < 1.29 is 38.1 Å². The Kier molecular flexibility index (Phi) is 11.2. The molecule has 0 aliphatic heterocycles. The summed E-state index contributed by atoms with van der Waals surface area (Å²) in [5, 5.41) is 7.01. The summed E-state index contributed by atoms with van der Waals surface area (Å²) in [5.74, 6) is -0.768. The number of ether oxygens (including phenoxy) is 4. The minimum absolute atomic E-state index is 0.0806. The van der Waals surface area contributed by atoms with Crippen molar-refractivity contribution in [2.45, 2.75) is 85.8 Å². The summed E-state index contributed by atoms with van der Waals surface area (Å²) in [6.45, 7) is 14.2. The van der Waals surface area contributed by atoms with E-state index in [0.29, 0.717) is 33.9 Å². The number of pyridine rings is 1. The highest BCUT2D eigenvalue weighted by molar-refractivity contribution is 7.21. The number of hydrogen-bond donors (Lipinski definition) is 2. The van der Waals surface area contributed by atoms with Crippen molar-refractivity contribution in [2.75, 3.05) is 19.0 Å². The first-order chi connectivity index (χ1) is 22.5. The van der Waals surface area contributed by atoms with Crippen LogP contribution in [0.4, 0.5) is 10.6 Å². The Morgan fingerprint density at radius 1 is 0.917 bits per heavy atom. The molecule has 2 aromatic carbocycles. The molecule has 0 aliphatic carbocycles. The van der Waals surface area contributed by atoms with Gasteiger partial charge in [-0.15, -0.1) is 11.3 Å². The summed E-state index contributed by atoms with van der Waals surface area (Å²) in [6.07, 6.45) is -0.758. The SMILES string of the molecule is COCc1ccc(C(C)=O)c2sc(C(=O)Nc3ccc4c(COC(=O)[C@H](COC(C)(C)C)NC(=O)OC(C)(C)C)cccc4n3)c(C)c12. The first-order valence-corrected chi connectivity index (χ1v) is 16.3. The Morgan fingerprint density at radius 2 is 1.65 bits per heavy atom. The van der Waals surface area contributed by atoms with Gasteiger partial charge in [-0.05, 0) is 96.3 Å². The standard InChI is InChI=1S/C36H43N3O8S/c1-20-29-23(17-44-9)13-14-24(21(2)40)31(29)48-30(20)32(41)39-28-16-15-25-22(11-10-12-26(25)37-28)18-45-33(42)27(19-46-35(3,4)5)38-34(43)47-36(6,7)8/h10-16,27H,17-19H2,1-9H3,(H,38,43)(H,37,39,41)/t27-/m0/s1. The van der Waals surface area contributed by atoms with Gasteiger partial charge in [0, 0.05) is 28.1 Å². The zero-order chi connectivity index (χ0) is 35.4. The van der Waals surface area contributed by atoms with Gasteiger partial charge in [-0.2, -0.15) is 0 Å². The molecular formula is C36H43N3O8S. The van der Waals surface area contributed by atoms with E-state index in [4.69, 9.17) is 18.9 Å². The number of aryl methyl sites for hydroxylation is 1. The quantitative estimate of drug-likeness (QED) is 0.125. The van der Waals surface area contributed by atoms with Gasteiger partial charge >= 0.3 is 12.1 Å². The third-order valence-electron chi connectivity index (χ3n) is 7.14. The van der Waals surface area contributed by atoms with Gasteiger partial charge in [0.1, 0.15) is 18.0 Å². The van der Waals surface area contributed by atoms with Gasteiger partial charge in [0.05, 0.1) is 29.2 Å². The molecule has 0 fully saturated rings. The molecule has 48 heavy (non-hydrogen) atoms. The molecule has 4 rings (SSSR count). The molecule has 11 nitrogen and oxygen atoms in total. The van der Waals surface area contributed by atoms with Crippen LogP contribution in [0.3, 0.4) is 0 Å². The number of rotatable bonds is 11. The highest BCUT2D eigenvalue weighted by Gasteiger charge is 2.28. The van der Waals surface area contributed by atoms with Crippen molar-refractivity contribution >= 4 is 61.9 Å². The second-order valence-electron chi connectivity index (χ2n) is 13.4. The molecule has 0 bridgehead atoms. The number of esters is 1. The summed E-state index contributed by atoms with van der Waals surface area (Å²) < 4.78 is 22.8. The zero-order valence-electron chi connectivity index (χ0n) is 28.9. The maximum absolute atomic E-state index is 13.5. The van der Waals surface area contributed by atoms with Gasteiger partial charge < -0.3 is 29.6 Å². The normalized spacial score (nSPS) is 12.5. The number of anilines is 1. The number of carbonyl (C=O) groups is 4. The molecule has 256 valence electrons. The number of amides is 2. The monoisotopic (exact) mass is 677 g/mol. The summed E-state index contributed by atoms with van der Waals surface area (Å²) in [6, 6.07) is 11.4. The molecule has 0 spiro atoms. The van der Waals surface area contributed by atoms with Crippen molar-refractivity contribution in [2.24, 2.45) is 0 Å². The second kappa shape index (κ2) is 14.8.